The Labute approximate surface area is 155 Å². The van der Waals surface area contributed by atoms with Gasteiger partial charge in [0.25, 0.3) is 5.78 Å². The summed E-state index contributed by atoms with van der Waals surface area (Å²) in [7, 11) is 0. The van der Waals surface area contributed by atoms with E-state index in [2.05, 4.69) is 4.98 Å². The van der Waals surface area contributed by atoms with Crippen LogP contribution in [0.15, 0.2) is 48.2 Å². The van der Waals surface area contributed by atoms with Gasteiger partial charge in [-0.15, -0.1) is 0 Å². The van der Waals surface area contributed by atoms with Gasteiger partial charge in [0.2, 0.25) is 23.2 Å². The van der Waals surface area contributed by atoms with E-state index in [0.717, 1.165) is 10.9 Å². The highest BCUT2D eigenvalue weighted by molar-refractivity contribution is 6.05. The van der Waals surface area contributed by atoms with E-state index in [4.69, 9.17) is 9.47 Å². The van der Waals surface area contributed by atoms with Gasteiger partial charge in [-0.05, 0) is 25.5 Å². The Morgan fingerprint density at radius 3 is 2.78 bits per heavy atom. The number of nitrogens with zero attached hydrogens (tertiary/aromatic N) is 2. The van der Waals surface area contributed by atoms with Crippen molar-refractivity contribution in [3.63, 3.8) is 0 Å². The highest BCUT2D eigenvalue weighted by Crippen LogP contribution is 2.41. The van der Waals surface area contributed by atoms with Gasteiger partial charge in [0.05, 0.1) is 5.52 Å². The molecule has 2 aliphatic heterocycles. The van der Waals surface area contributed by atoms with E-state index < -0.39 is 17.4 Å². The fraction of sp³-hybridized carbons (Fsp3) is 0.300. The van der Waals surface area contributed by atoms with Crippen molar-refractivity contribution < 1.29 is 23.9 Å². The average molecular weight is 366 g/mol. The molecule has 0 spiro atoms. The minimum atomic E-state index is -1.43. The average Bonchev–Trinajstić information content (AvgIpc) is 3.18. The van der Waals surface area contributed by atoms with Crippen molar-refractivity contribution in [1.29, 1.82) is 0 Å². The van der Waals surface area contributed by atoms with Gasteiger partial charge in [-0.3, -0.25) is 24.3 Å². The van der Waals surface area contributed by atoms with E-state index in [1.54, 1.807) is 13.1 Å². The number of esters is 1. The Bertz CT molecular complexity index is 1010. The summed E-state index contributed by atoms with van der Waals surface area (Å²) >= 11 is 0. The quantitative estimate of drug-likeness (QED) is 0.776. The maximum Gasteiger partial charge on any atom is 0.308 e. The van der Waals surface area contributed by atoms with Crippen LogP contribution in [-0.4, -0.2) is 34.1 Å². The molecule has 1 aromatic carbocycles. The van der Waals surface area contributed by atoms with E-state index in [-0.39, 0.29) is 17.5 Å². The Balaban J connectivity index is 1.78. The first-order valence-corrected chi connectivity index (χ1v) is 8.72. The van der Waals surface area contributed by atoms with Crippen molar-refractivity contribution in [2.45, 2.75) is 32.3 Å². The lowest BCUT2D eigenvalue weighted by atomic mass is 9.92. The monoisotopic (exact) mass is 366 g/mol. The second kappa shape index (κ2) is 6.19. The molecule has 0 saturated carbocycles. The third-order valence-corrected chi connectivity index (χ3v) is 4.84. The molecule has 1 fully saturated rings. The van der Waals surface area contributed by atoms with Gasteiger partial charge in [0.1, 0.15) is 0 Å². The zero-order chi connectivity index (χ0) is 19.2. The van der Waals surface area contributed by atoms with Crippen LogP contribution in [0.4, 0.5) is 0 Å². The number of Topliss-reactive ketones (excluding diaryl/α,β-unsaturated/α-hetero) is 1. The lowest BCUT2D eigenvalue weighted by Gasteiger charge is -2.25. The molecule has 0 bridgehead atoms. The highest BCUT2D eigenvalue weighted by atomic mass is 16.6. The summed E-state index contributed by atoms with van der Waals surface area (Å²) in [5.74, 6) is -1.54. The summed E-state index contributed by atoms with van der Waals surface area (Å²) < 4.78 is 11.1. The molecule has 4 rings (SSSR count). The number of pyridine rings is 1. The molecule has 1 saturated heterocycles. The third kappa shape index (κ3) is 2.75. The van der Waals surface area contributed by atoms with Crippen LogP contribution in [0.1, 0.15) is 32.3 Å². The molecule has 7 nitrogen and oxygen atoms in total. The molecule has 7 heteroatoms. The van der Waals surface area contributed by atoms with Gasteiger partial charge in [0.15, 0.2) is 0 Å². The zero-order valence-electron chi connectivity index (χ0n) is 15.0. The van der Waals surface area contributed by atoms with Gasteiger partial charge in [-0.2, -0.15) is 0 Å². The van der Waals surface area contributed by atoms with Gasteiger partial charge in [-0.1, -0.05) is 18.2 Å². The standard InChI is InChI=1S/C20H18N2O5/c1-12(23)26-17-18(25)20(2,27-19(17)22-9-5-8-16(22)24)14-10-13-6-3-4-7-15(13)21-11-14/h3-4,6-7,10-11H,5,8-9H2,1-2H3. The number of amides is 1. The second-order valence-electron chi connectivity index (χ2n) is 6.76. The van der Waals surface area contributed by atoms with Gasteiger partial charge in [-0.25, -0.2) is 0 Å². The summed E-state index contributed by atoms with van der Waals surface area (Å²) in [5, 5.41) is 0.854. The van der Waals surface area contributed by atoms with Crippen LogP contribution in [0.25, 0.3) is 10.9 Å². The number of carbonyl (C=O) groups is 3. The summed E-state index contributed by atoms with van der Waals surface area (Å²) in [4.78, 5) is 42.6. The number of rotatable bonds is 3. The van der Waals surface area contributed by atoms with Crippen molar-refractivity contribution in [2.75, 3.05) is 6.54 Å². The van der Waals surface area contributed by atoms with Crippen LogP contribution in [0.5, 0.6) is 0 Å². The van der Waals surface area contributed by atoms with Crippen LogP contribution in [0, 0.1) is 0 Å². The molecule has 138 valence electrons. The number of carbonyl (C=O) groups excluding carboxylic acids is 3. The number of aromatic nitrogens is 1. The van der Waals surface area contributed by atoms with E-state index in [1.807, 2.05) is 30.3 Å². The van der Waals surface area contributed by atoms with Gasteiger partial charge in [0, 0.05) is 37.0 Å². The van der Waals surface area contributed by atoms with Crippen LogP contribution in [0.2, 0.25) is 0 Å². The molecule has 0 radical (unpaired) electrons. The molecule has 1 atom stereocenters. The third-order valence-electron chi connectivity index (χ3n) is 4.84. The number of ketones is 1. The number of fused-ring (bicyclic) bond motifs is 1. The molecule has 3 heterocycles. The normalized spacial score (nSPS) is 22.5. The molecule has 0 aliphatic carbocycles. The summed E-state index contributed by atoms with van der Waals surface area (Å²) in [6, 6.07) is 9.34. The van der Waals surface area contributed by atoms with Crippen LogP contribution in [0.3, 0.4) is 0 Å². The number of para-hydroxylation sites is 1. The largest absolute Gasteiger partial charge is 0.456 e. The number of likely N-dealkylation sites (tertiary alicyclic amines) is 1. The van der Waals surface area contributed by atoms with Crippen molar-refractivity contribution in [3.05, 3.63) is 53.7 Å². The first-order valence-electron chi connectivity index (χ1n) is 8.72. The molecule has 0 N–H and O–H groups in total. The first-order chi connectivity index (χ1) is 12.9. The second-order valence-corrected chi connectivity index (χ2v) is 6.76. The SMILES string of the molecule is CC(=O)OC1=C(N2CCCC2=O)OC(C)(c2cnc3ccccc3c2)C1=O. The van der Waals surface area contributed by atoms with Crippen LogP contribution < -0.4 is 0 Å². The first kappa shape index (κ1) is 17.2. The van der Waals surface area contributed by atoms with E-state index in [0.29, 0.717) is 24.9 Å². The predicted molar refractivity (Wildman–Crippen MR) is 94.9 cm³/mol. The maximum atomic E-state index is 13.1. The Morgan fingerprint density at radius 1 is 1.30 bits per heavy atom. The number of ether oxygens (including phenoxy) is 2. The Hall–Kier alpha value is -3.22. The highest BCUT2D eigenvalue weighted by Gasteiger charge is 2.52. The van der Waals surface area contributed by atoms with Crippen LogP contribution in [-0.2, 0) is 29.5 Å². The maximum absolute atomic E-state index is 13.1. The van der Waals surface area contributed by atoms with E-state index in [1.165, 1.54) is 11.8 Å². The predicted octanol–water partition coefficient (Wildman–Crippen LogP) is 2.40. The molecule has 1 amide bonds. The minimum absolute atomic E-state index is 0.00774. The Kier molecular flexibility index (Phi) is 3.95. The van der Waals surface area contributed by atoms with E-state index >= 15 is 0 Å². The minimum Gasteiger partial charge on any atom is -0.456 e. The number of benzene rings is 1. The van der Waals surface area contributed by atoms with E-state index in [9.17, 15) is 14.4 Å². The summed E-state index contributed by atoms with van der Waals surface area (Å²) in [6.45, 7) is 3.22. The molecular weight excluding hydrogens is 348 g/mol. The van der Waals surface area contributed by atoms with Crippen molar-refractivity contribution in [1.82, 2.24) is 9.88 Å². The molecule has 2 aliphatic rings. The molecule has 1 aromatic heterocycles. The molecule has 1 unspecified atom stereocenters. The zero-order valence-corrected chi connectivity index (χ0v) is 15.0. The molecular formula is C20H18N2O5. The van der Waals surface area contributed by atoms with Crippen molar-refractivity contribution in [3.8, 4) is 0 Å². The number of hydrogen-bond acceptors (Lipinski definition) is 6. The van der Waals surface area contributed by atoms with Crippen molar-refractivity contribution >= 4 is 28.6 Å². The number of hydrogen-bond donors (Lipinski definition) is 0. The lowest BCUT2D eigenvalue weighted by molar-refractivity contribution is -0.142. The van der Waals surface area contributed by atoms with Gasteiger partial charge >= 0.3 is 5.97 Å². The lowest BCUT2D eigenvalue weighted by Crippen LogP contribution is -2.33. The summed E-state index contributed by atoms with van der Waals surface area (Å²) in [6.07, 6.45) is 2.59. The molecule has 27 heavy (non-hydrogen) atoms. The smallest absolute Gasteiger partial charge is 0.308 e. The van der Waals surface area contributed by atoms with Crippen molar-refractivity contribution in [2.24, 2.45) is 0 Å². The summed E-state index contributed by atoms with van der Waals surface area (Å²) in [5.41, 5.74) is -0.115. The topological polar surface area (TPSA) is 85.8 Å². The fourth-order valence-electron chi connectivity index (χ4n) is 3.40. The van der Waals surface area contributed by atoms with Gasteiger partial charge < -0.3 is 9.47 Å². The fourth-order valence-corrected chi connectivity index (χ4v) is 3.40. The molecule has 2 aromatic rings. The van der Waals surface area contributed by atoms with Crippen LogP contribution >= 0.6 is 0 Å². The Morgan fingerprint density at radius 2 is 2.07 bits per heavy atom.